The first kappa shape index (κ1) is 16.0. The molecule has 0 saturated heterocycles. The molecule has 25 heavy (non-hydrogen) atoms. The molecule has 3 heterocycles. The summed E-state index contributed by atoms with van der Waals surface area (Å²) >= 11 is 0. The standard InChI is InChI=1S/C18H21N3O4/c1-23-11-13-5-6-20-12-19-9-14(20)10-21(13)18(22)15-3-2-4-16-17(15)25-8-7-24-16/h2-4,9,12-13H,5-8,10-11H2,1H3/t13-/m0/s1. The number of aryl methyl sites for hydroxylation is 1. The van der Waals surface area contributed by atoms with Crippen LogP contribution in [0.3, 0.4) is 0 Å². The number of carbonyl (C=O) groups is 1. The number of benzene rings is 1. The van der Waals surface area contributed by atoms with Crippen LogP contribution in [0.1, 0.15) is 22.5 Å². The van der Waals surface area contributed by atoms with Gasteiger partial charge in [-0.15, -0.1) is 0 Å². The van der Waals surface area contributed by atoms with Crippen LogP contribution >= 0.6 is 0 Å². The molecule has 0 saturated carbocycles. The highest BCUT2D eigenvalue weighted by molar-refractivity contribution is 5.98. The first-order valence-corrected chi connectivity index (χ1v) is 8.45. The molecule has 1 aromatic heterocycles. The number of rotatable bonds is 3. The number of fused-ring (bicyclic) bond motifs is 2. The van der Waals surface area contributed by atoms with Crippen molar-refractivity contribution in [3.63, 3.8) is 0 Å². The highest BCUT2D eigenvalue weighted by Crippen LogP contribution is 2.35. The molecule has 0 spiro atoms. The fraction of sp³-hybridized carbons (Fsp3) is 0.444. The van der Waals surface area contributed by atoms with Gasteiger partial charge >= 0.3 is 0 Å². The first-order chi connectivity index (χ1) is 12.3. The summed E-state index contributed by atoms with van der Waals surface area (Å²) in [6.07, 6.45) is 4.44. The predicted octanol–water partition coefficient (Wildman–Crippen LogP) is 1.72. The minimum atomic E-state index is -0.0703. The molecule has 0 N–H and O–H groups in total. The van der Waals surface area contributed by atoms with Crippen molar-refractivity contribution in [3.05, 3.63) is 42.0 Å². The summed E-state index contributed by atoms with van der Waals surface area (Å²) in [6.45, 7) is 2.76. The molecule has 0 fully saturated rings. The Bertz CT molecular complexity index is 773. The van der Waals surface area contributed by atoms with Crippen LogP contribution in [0.2, 0.25) is 0 Å². The Hall–Kier alpha value is -2.54. The summed E-state index contributed by atoms with van der Waals surface area (Å²) in [7, 11) is 1.66. The number of amides is 1. The second-order valence-corrected chi connectivity index (χ2v) is 6.24. The maximum atomic E-state index is 13.3. The lowest BCUT2D eigenvalue weighted by Crippen LogP contribution is -2.42. The quantitative estimate of drug-likeness (QED) is 0.849. The number of para-hydroxylation sites is 1. The van der Waals surface area contributed by atoms with E-state index in [1.165, 1.54) is 0 Å². The Labute approximate surface area is 146 Å². The van der Waals surface area contributed by atoms with E-state index < -0.39 is 0 Å². The lowest BCUT2D eigenvalue weighted by Gasteiger charge is -2.30. The number of aromatic nitrogens is 2. The monoisotopic (exact) mass is 343 g/mol. The van der Waals surface area contributed by atoms with Gasteiger partial charge in [0.05, 0.1) is 36.8 Å². The fourth-order valence-corrected chi connectivity index (χ4v) is 3.43. The van der Waals surface area contributed by atoms with Crippen molar-refractivity contribution in [2.24, 2.45) is 0 Å². The number of nitrogens with zero attached hydrogens (tertiary/aromatic N) is 3. The van der Waals surface area contributed by atoms with Crippen LogP contribution in [0.5, 0.6) is 11.5 Å². The highest BCUT2D eigenvalue weighted by Gasteiger charge is 2.31. The van der Waals surface area contributed by atoms with E-state index in [1.807, 2.05) is 29.6 Å². The molecule has 132 valence electrons. The van der Waals surface area contributed by atoms with Crippen LogP contribution in [0.25, 0.3) is 0 Å². The maximum Gasteiger partial charge on any atom is 0.258 e. The van der Waals surface area contributed by atoms with Crippen molar-refractivity contribution in [2.75, 3.05) is 26.9 Å². The van der Waals surface area contributed by atoms with Crippen molar-refractivity contribution in [1.82, 2.24) is 14.5 Å². The number of ether oxygens (including phenoxy) is 3. The average Bonchev–Trinajstić information content (AvgIpc) is 3.02. The van der Waals surface area contributed by atoms with E-state index in [-0.39, 0.29) is 11.9 Å². The van der Waals surface area contributed by atoms with E-state index in [0.717, 1.165) is 18.7 Å². The van der Waals surface area contributed by atoms with Crippen molar-refractivity contribution in [2.45, 2.75) is 25.6 Å². The van der Waals surface area contributed by atoms with E-state index in [1.54, 1.807) is 13.2 Å². The minimum absolute atomic E-state index is 0.00207. The lowest BCUT2D eigenvalue weighted by molar-refractivity contribution is 0.0495. The molecule has 1 atom stereocenters. The molecule has 1 aromatic carbocycles. The SMILES string of the molecule is COC[C@@H]1CCn2cncc2CN1C(=O)c1cccc2c1OCCO2. The average molecular weight is 343 g/mol. The van der Waals surface area contributed by atoms with E-state index in [9.17, 15) is 4.79 Å². The minimum Gasteiger partial charge on any atom is -0.486 e. The molecule has 4 rings (SSSR count). The van der Waals surface area contributed by atoms with Crippen LogP contribution in [0, 0.1) is 0 Å². The van der Waals surface area contributed by atoms with Crippen molar-refractivity contribution >= 4 is 5.91 Å². The van der Waals surface area contributed by atoms with Crippen LogP contribution in [0.15, 0.2) is 30.7 Å². The van der Waals surface area contributed by atoms with E-state index in [0.29, 0.717) is 43.4 Å². The van der Waals surface area contributed by atoms with Gasteiger partial charge in [0, 0.05) is 19.9 Å². The molecule has 7 nitrogen and oxygen atoms in total. The van der Waals surface area contributed by atoms with E-state index >= 15 is 0 Å². The molecule has 7 heteroatoms. The molecular weight excluding hydrogens is 322 g/mol. The zero-order valence-electron chi connectivity index (χ0n) is 14.2. The van der Waals surface area contributed by atoms with Gasteiger partial charge in [0.1, 0.15) is 13.2 Å². The third kappa shape index (κ3) is 2.95. The Morgan fingerprint density at radius 3 is 3.12 bits per heavy atom. The normalized spacial score (nSPS) is 19.2. The smallest absolute Gasteiger partial charge is 0.258 e. The number of carbonyl (C=O) groups excluding carboxylic acids is 1. The second kappa shape index (κ2) is 6.76. The third-order valence-electron chi connectivity index (χ3n) is 4.69. The maximum absolute atomic E-state index is 13.3. The van der Waals surface area contributed by atoms with Gasteiger partial charge in [-0.3, -0.25) is 4.79 Å². The topological polar surface area (TPSA) is 65.8 Å². The molecule has 0 radical (unpaired) electrons. The molecule has 1 amide bonds. The predicted molar refractivity (Wildman–Crippen MR) is 89.8 cm³/mol. The summed E-state index contributed by atoms with van der Waals surface area (Å²) in [5.41, 5.74) is 1.56. The zero-order chi connectivity index (χ0) is 17.2. The first-order valence-electron chi connectivity index (χ1n) is 8.45. The number of hydrogen-bond donors (Lipinski definition) is 0. The molecule has 2 aliphatic rings. The summed E-state index contributed by atoms with van der Waals surface area (Å²) < 4.78 is 18.8. The van der Waals surface area contributed by atoms with Crippen LogP contribution < -0.4 is 9.47 Å². The van der Waals surface area contributed by atoms with Crippen LogP contribution in [-0.4, -0.2) is 53.3 Å². The second-order valence-electron chi connectivity index (χ2n) is 6.24. The molecule has 0 aliphatic carbocycles. The highest BCUT2D eigenvalue weighted by atomic mass is 16.6. The number of imidazole rings is 1. The van der Waals surface area contributed by atoms with Crippen molar-refractivity contribution in [1.29, 1.82) is 0 Å². The zero-order valence-corrected chi connectivity index (χ0v) is 14.2. The van der Waals surface area contributed by atoms with Crippen molar-refractivity contribution in [3.8, 4) is 11.5 Å². The Morgan fingerprint density at radius 2 is 2.24 bits per heavy atom. The molecule has 0 unspecified atom stereocenters. The van der Waals surface area contributed by atoms with Gasteiger partial charge in [0.25, 0.3) is 5.91 Å². The molecular formula is C18H21N3O4. The summed E-state index contributed by atoms with van der Waals surface area (Å²) in [5, 5.41) is 0. The van der Waals surface area contributed by atoms with E-state index in [4.69, 9.17) is 14.2 Å². The van der Waals surface area contributed by atoms with E-state index in [2.05, 4.69) is 9.55 Å². The fourth-order valence-electron chi connectivity index (χ4n) is 3.43. The number of hydrogen-bond acceptors (Lipinski definition) is 5. The van der Waals surface area contributed by atoms with Gasteiger partial charge in [-0.05, 0) is 18.6 Å². The number of methoxy groups -OCH3 is 1. The Balaban J connectivity index is 1.69. The molecule has 0 bridgehead atoms. The van der Waals surface area contributed by atoms with Crippen LogP contribution in [0.4, 0.5) is 0 Å². The molecule has 2 aromatic rings. The summed E-state index contributed by atoms with van der Waals surface area (Å²) in [4.78, 5) is 19.4. The Morgan fingerprint density at radius 1 is 1.36 bits per heavy atom. The Kier molecular flexibility index (Phi) is 4.31. The van der Waals surface area contributed by atoms with Gasteiger partial charge < -0.3 is 23.7 Å². The molecule has 2 aliphatic heterocycles. The summed E-state index contributed by atoms with van der Waals surface area (Å²) in [6, 6.07) is 5.45. The van der Waals surface area contributed by atoms with Gasteiger partial charge in [-0.2, -0.15) is 0 Å². The van der Waals surface area contributed by atoms with Gasteiger partial charge in [-0.1, -0.05) is 6.07 Å². The third-order valence-corrected chi connectivity index (χ3v) is 4.69. The van der Waals surface area contributed by atoms with Gasteiger partial charge in [0.15, 0.2) is 11.5 Å². The van der Waals surface area contributed by atoms with Gasteiger partial charge in [0.2, 0.25) is 0 Å². The van der Waals surface area contributed by atoms with Crippen LogP contribution in [-0.2, 0) is 17.8 Å². The van der Waals surface area contributed by atoms with Gasteiger partial charge in [-0.25, -0.2) is 4.98 Å². The summed E-state index contributed by atoms with van der Waals surface area (Å²) in [5.74, 6) is 1.09. The van der Waals surface area contributed by atoms with Crippen molar-refractivity contribution < 1.29 is 19.0 Å². The largest absolute Gasteiger partial charge is 0.486 e. The lowest BCUT2D eigenvalue weighted by atomic mass is 10.1.